The van der Waals surface area contributed by atoms with Crippen LogP contribution in [0.1, 0.15) is 31.2 Å². The molecule has 1 unspecified atom stereocenters. The lowest BCUT2D eigenvalue weighted by Gasteiger charge is -2.32. The van der Waals surface area contributed by atoms with Gasteiger partial charge in [0.05, 0.1) is 6.61 Å². The van der Waals surface area contributed by atoms with Gasteiger partial charge < -0.3 is 20.5 Å². The van der Waals surface area contributed by atoms with Gasteiger partial charge in [-0.2, -0.15) is 13.2 Å². The lowest BCUT2D eigenvalue weighted by molar-refractivity contribution is -0.166. The summed E-state index contributed by atoms with van der Waals surface area (Å²) in [6.07, 6.45) is -2.87. The number of alkyl carbamates (subject to hydrolysis) is 1. The molecule has 0 saturated heterocycles. The molecule has 1 amide bonds. The van der Waals surface area contributed by atoms with E-state index in [-0.39, 0.29) is 18.7 Å². The smallest absolute Gasteiger partial charge is 0.407 e. The highest BCUT2D eigenvalue weighted by molar-refractivity contribution is 5.67. The second kappa shape index (κ2) is 9.05. The molecule has 8 heteroatoms. The second-order valence-electron chi connectivity index (χ2n) is 6.20. The number of aliphatic hydroxyl groups is 1. The molecular formula is C17H23F3N2O3. The lowest BCUT2D eigenvalue weighted by Crippen LogP contribution is -2.51. The first-order valence-electron chi connectivity index (χ1n) is 8.29. The summed E-state index contributed by atoms with van der Waals surface area (Å²) in [5, 5.41) is 14.1. The molecule has 1 aromatic carbocycles. The number of rotatable bonds is 6. The Hall–Kier alpha value is -1.80. The molecular weight excluding hydrogens is 337 g/mol. The quantitative estimate of drug-likeness (QED) is 0.730. The minimum atomic E-state index is -4.47. The van der Waals surface area contributed by atoms with Crippen molar-refractivity contribution in [1.82, 2.24) is 10.6 Å². The third-order valence-electron chi connectivity index (χ3n) is 4.28. The number of aliphatic hydroxyl groups excluding tert-OH is 1. The first-order chi connectivity index (χ1) is 11.9. The van der Waals surface area contributed by atoms with Crippen LogP contribution in [0.4, 0.5) is 18.0 Å². The molecule has 0 aliphatic heterocycles. The first kappa shape index (κ1) is 19.5. The van der Waals surface area contributed by atoms with Crippen molar-refractivity contribution in [2.45, 2.75) is 56.6 Å². The molecule has 3 N–H and O–H groups in total. The highest BCUT2D eigenvalue weighted by Gasteiger charge is 2.40. The fourth-order valence-electron chi connectivity index (χ4n) is 2.87. The van der Waals surface area contributed by atoms with Crippen LogP contribution in [0.25, 0.3) is 0 Å². The number of ether oxygens (including phenoxy) is 1. The molecule has 0 spiro atoms. The van der Waals surface area contributed by atoms with Gasteiger partial charge in [-0.3, -0.25) is 0 Å². The number of carbonyl (C=O) groups excluding carboxylic acids is 1. The van der Waals surface area contributed by atoms with Crippen LogP contribution in [0.3, 0.4) is 0 Å². The minimum Gasteiger partial charge on any atom is -0.445 e. The van der Waals surface area contributed by atoms with E-state index in [1.165, 1.54) is 0 Å². The van der Waals surface area contributed by atoms with E-state index < -0.39 is 24.9 Å². The van der Waals surface area contributed by atoms with Gasteiger partial charge in [0.1, 0.15) is 12.6 Å². The van der Waals surface area contributed by atoms with Crippen molar-refractivity contribution < 1.29 is 27.8 Å². The molecule has 5 nitrogen and oxygen atoms in total. The molecule has 1 aliphatic rings. The highest BCUT2D eigenvalue weighted by Crippen LogP contribution is 2.24. The predicted octanol–water partition coefficient (Wildman–Crippen LogP) is 2.74. The van der Waals surface area contributed by atoms with Crippen molar-refractivity contribution in [3.63, 3.8) is 0 Å². The summed E-state index contributed by atoms with van der Waals surface area (Å²) in [7, 11) is 0. The average Bonchev–Trinajstić information content (AvgIpc) is 2.59. The van der Waals surface area contributed by atoms with E-state index in [2.05, 4.69) is 10.6 Å². The SMILES string of the molecule is O=C(N[C@H]1CC[C@H](NC(CO)C(F)(F)F)CC1)OCc1ccccc1. The van der Waals surface area contributed by atoms with Gasteiger partial charge >= 0.3 is 12.3 Å². The van der Waals surface area contributed by atoms with Gasteiger partial charge in [-0.25, -0.2) is 4.79 Å². The molecule has 140 valence electrons. The number of alkyl halides is 3. The Balaban J connectivity index is 1.68. The summed E-state index contributed by atoms with van der Waals surface area (Å²) in [6.45, 7) is -0.805. The molecule has 1 atom stereocenters. The van der Waals surface area contributed by atoms with E-state index in [0.717, 1.165) is 5.56 Å². The van der Waals surface area contributed by atoms with Crippen molar-refractivity contribution in [3.05, 3.63) is 35.9 Å². The van der Waals surface area contributed by atoms with Crippen LogP contribution in [0.2, 0.25) is 0 Å². The Kier molecular flexibility index (Phi) is 7.07. The summed E-state index contributed by atoms with van der Waals surface area (Å²) < 4.78 is 43.1. The number of nitrogens with one attached hydrogen (secondary N) is 2. The summed E-state index contributed by atoms with van der Waals surface area (Å²) in [6, 6.07) is 6.94. The Labute approximate surface area is 144 Å². The molecule has 0 radical (unpaired) electrons. The summed E-state index contributed by atoms with van der Waals surface area (Å²) in [5.74, 6) is 0. The number of amides is 1. The van der Waals surface area contributed by atoms with Gasteiger partial charge in [0.2, 0.25) is 0 Å². The Morgan fingerprint density at radius 2 is 1.76 bits per heavy atom. The largest absolute Gasteiger partial charge is 0.445 e. The third kappa shape index (κ3) is 6.55. The lowest BCUT2D eigenvalue weighted by atomic mass is 9.91. The normalized spacial score (nSPS) is 22.2. The number of halogens is 3. The van der Waals surface area contributed by atoms with Gasteiger partial charge in [0.25, 0.3) is 0 Å². The maximum atomic E-state index is 12.7. The van der Waals surface area contributed by atoms with Crippen molar-refractivity contribution >= 4 is 6.09 Å². The van der Waals surface area contributed by atoms with Crippen molar-refractivity contribution in [3.8, 4) is 0 Å². The van der Waals surface area contributed by atoms with E-state index in [9.17, 15) is 18.0 Å². The van der Waals surface area contributed by atoms with Crippen LogP contribution in [0.5, 0.6) is 0 Å². The first-order valence-corrected chi connectivity index (χ1v) is 8.29. The minimum absolute atomic E-state index is 0.111. The van der Waals surface area contributed by atoms with Crippen molar-refractivity contribution in [1.29, 1.82) is 0 Å². The molecule has 1 fully saturated rings. The fraction of sp³-hybridized carbons (Fsp3) is 0.588. The topological polar surface area (TPSA) is 70.6 Å². The van der Waals surface area contributed by atoms with Crippen LogP contribution in [0.15, 0.2) is 30.3 Å². The van der Waals surface area contributed by atoms with Crippen molar-refractivity contribution in [2.24, 2.45) is 0 Å². The summed E-state index contributed by atoms with van der Waals surface area (Å²) >= 11 is 0. The maximum absolute atomic E-state index is 12.7. The predicted molar refractivity (Wildman–Crippen MR) is 85.9 cm³/mol. The molecule has 2 rings (SSSR count). The zero-order valence-electron chi connectivity index (χ0n) is 13.8. The van der Waals surface area contributed by atoms with Gasteiger partial charge in [0.15, 0.2) is 0 Å². The molecule has 1 aliphatic carbocycles. The molecule has 0 heterocycles. The van der Waals surface area contributed by atoms with Gasteiger partial charge in [-0.05, 0) is 31.2 Å². The Morgan fingerprint density at radius 1 is 1.16 bits per heavy atom. The Morgan fingerprint density at radius 3 is 2.32 bits per heavy atom. The van der Waals surface area contributed by atoms with Crippen LogP contribution < -0.4 is 10.6 Å². The van der Waals surface area contributed by atoms with Crippen molar-refractivity contribution in [2.75, 3.05) is 6.61 Å². The van der Waals surface area contributed by atoms with E-state index in [4.69, 9.17) is 9.84 Å². The zero-order chi connectivity index (χ0) is 18.3. The average molecular weight is 360 g/mol. The van der Waals surface area contributed by atoms with Gasteiger partial charge in [-0.1, -0.05) is 30.3 Å². The molecule has 0 aromatic heterocycles. The van der Waals surface area contributed by atoms with Crippen LogP contribution in [-0.4, -0.2) is 42.1 Å². The highest BCUT2D eigenvalue weighted by atomic mass is 19.4. The molecule has 1 aromatic rings. The molecule has 1 saturated carbocycles. The number of hydrogen-bond donors (Lipinski definition) is 3. The number of carbonyl (C=O) groups is 1. The van der Waals surface area contributed by atoms with Gasteiger partial charge in [0, 0.05) is 12.1 Å². The van der Waals surface area contributed by atoms with Gasteiger partial charge in [-0.15, -0.1) is 0 Å². The maximum Gasteiger partial charge on any atom is 0.407 e. The van der Waals surface area contributed by atoms with E-state index >= 15 is 0 Å². The summed E-state index contributed by atoms with van der Waals surface area (Å²) in [4.78, 5) is 11.8. The van der Waals surface area contributed by atoms with Crippen LogP contribution in [0, 0.1) is 0 Å². The van der Waals surface area contributed by atoms with E-state index in [1.807, 2.05) is 30.3 Å². The van der Waals surface area contributed by atoms with Crippen LogP contribution in [-0.2, 0) is 11.3 Å². The van der Waals surface area contributed by atoms with E-state index in [0.29, 0.717) is 25.7 Å². The number of benzene rings is 1. The Bertz CT molecular complexity index is 532. The second-order valence-corrected chi connectivity index (χ2v) is 6.20. The molecule has 25 heavy (non-hydrogen) atoms. The monoisotopic (exact) mass is 360 g/mol. The van der Waals surface area contributed by atoms with Crippen LogP contribution >= 0.6 is 0 Å². The number of hydrogen-bond acceptors (Lipinski definition) is 4. The third-order valence-corrected chi connectivity index (χ3v) is 4.28. The fourth-order valence-corrected chi connectivity index (χ4v) is 2.87. The summed E-state index contributed by atoms with van der Waals surface area (Å²) in [5.41, 5.74) is 0.882. The standard InChI is InChI=1S/C17H23F3N2O3/c18-17(19,20)15(10-23)21-13-6-8-14(9-7-13)22-16(24)25-11-12-4-2-1-3-5-12/h1-5,13-15,21,23H,6-11H2,(H,22,24)/t13-,14-,15?. The zero-order valence-corrected chi connectivity index (χ0v) is 13.8. The van der Waals surface area contributed by atoms with E-state index in [1.54, 1.807) is 0 Å². The molecule has 0 bridgehead atoms.